The maximum atomic E-state index is 6.90. The van der Waals surface area contributed by atoms with Crippen molar-refractivity contribution < 1.29 is 8.98 Å². The van der Waals surface area contributed by atoms with Crippen LogP contribution in [0.25, 0.3) is 61.2 Å². The molecule has 3 heteroatoms. The molecule has 0 N–H and O–H groups in total. The molecule has 5 aromatic carbocycles. The molecule has 0 radical (unpaired) electrons. The van der Waals surface area contributed by atoms with Crippen molar-refractivity contribution in [2.75, 3.05) is 0 Å². The lowest BCUT2D eigenvalue weighted by atomic mass is 9.82. The summed E-state index contributed by atoms with van der Waals surface area (Å²) in [4.78, 5) is 0. The number of para-hydroxylation sites is 3. The summed E-state index contributed by atoms with van der Waals surface area (Å²) in [7, 11) is 2.21. The number of imidazole rings is 1. The first-order valence-electron chi connectivity index (χ1n) is 16.7. The number of hydrogen-bond acceptors (Lipinski definition) is 1. The lowest BCUT2D eigenvalue weighted by Gasteiger charge is -2.23. The maximum absolute atomic E-state index is 6.90. The standard InChI is InChI=1S/C43H45N2O/c1-26(2)32-24-30(29-17-11-10-12-18-29)25-33(27(3)4)40(32)45-36-21-15-14-20-35(36)44(9)42(45)38-28(5)23-34(43(6,7)8)39-31-19-13-16-22-37(31)46-41(38)39/h10-27H,1-9H3/q+1. The molecule has 0 aliphatic carbocycles. The molecule has 0 saturated carbocycles. The lowest BCUT2D eigenvalue weighted by Crippen LogP contribution is -2.31. The number of benzene rings is 5. The van der Waals surface area contributed by atoms with Gasteiger partial charge in [0.25, 0.3) is 5.82 Å². The molecule has 0 bridgehead atoms. The van der Waals surface area contributed by atoms with Crippen molar-refractivity contribution in [1.82, 2.24) is 4.57 Å². The summed E-state index contributed by atoms with van der Waals surface area (Å²) in [5.41, 5.74) is 14.4. The van der Waals surface area contributed by atoms with Crippen LogP contribution in [0.2, 0.25) is 0 Å². The average Bonchev–Trinajstić information content (AvgIpc) is 3.55. The van der Waals surface area contributed by atoms with Crippen molar-refractivity contribution in [2.45, 2.75) is 72.6 Å². The monoisotopic (exact) mass is 605 g/mol. The summed E-state index contributed by atoms with van der Waals surface area (Å²) < 4.78 is 11.8. The lowest BCUT2D eigenvalue weighted by molar-refractivity contribution is -0.633. The molecule has 0 saturated heterocycles. The van der Waals surface area contributed by atoms with E-state index in [0.29, 0.717) is 11.8 Å². The van der Waals surface area contributed by atoms with E-state index in [1.54, 1.807) is 0 Å². The van der Waals surface area contributed by atoms with E-state index in [2.05, 4.69) is 169 Å². The molecule has 0 amide bonds. The van der Waals surface area contributed by atoms with E-state index in [9.17, 15) is 0 Å². The van der Waals surface area contributed by atoms with Gasteiger partial charge in [-0.05, 0) is 76.8 Å². The van der Waals surface area contributed by atoms with Gasteiger partial charge >= 0.3 is 0 Å². The molecular formula is C43H45N2O+. The summed E-state index contributed by atoms with van der Waals surface area (Å²) in [6.45, 7) is 18.5. The zero-order valence-electron chi connectivity index (χ0n) is 28.7. The van der Waals surface area contributed by atoms with Crippen LogP contribution in [0.3, 0.4) is 0 Å². The van der Waals surface area contributed by atoms with Crippen LogP contribution < -0.4 is 4.57 Å². The van der Waals surface area contributed by atoms with Gasteiger partial charge in [0.05, 0.1) is 7.05 Å². The van der Waals surface area contributed by atoms with E-state index in [4.69, 9.17) is 4.42 Å². The van der Waals surface area contributed by atoms with Crippen LogP contribution in [0.1, 0.15) is 82.6 Å². The Morgan fingerprint density at radius 3 is 1.98 bits per heavy atom. The number of rotatable bonds is 5. The molecule has 0 unspecified atom stereocenters. The number of furan rings is 1. The SMILES string of the molecule is Cc1cc(C(C)(C)C)c2c(oc3ccccc32)c1-c1n(-c2c(C(C)C)cc(-c3ccccc3)cc2C(C)C)c2ccccc2[n+]1C. The summed E-state index contributed by atoms with van der Waals surface area (Å²) in [5.74, 6) is 1.76. The van der Waals surface area contributed by atoms with Gasteiger partial charge in [-0.3, -0.25) is 0 Å². The fraction of sp³-hybridized carbons (Fsp3) is 0.279. The van der Waals surface area contributed by atoms with Gasteiger partial charge < -0.3 is 4.42 Å². The highest BCUT2D eigenvalue weighted by atomic mass is 16.3. The van der Waals surface area contributed by atoms with Gasteiger partial charge in [0.15, 0.2) is 16.6 Å². The topological polar surface area (TPSA) is 21.9 Å². The highest BCUT2D eigenvalue weighted by Gasteiger charge is 2.35. The summed E-state index contributed by atoms with van der Waals surface area (Å²) in [5, 5.41) is 2.39. The van der Waals surface area contributed by atoms with Crippen LogP contribution in [-0.4, -0.2) is 4.57 Å². The van der Waals surface area contributed by atoms with E-state index >= 15 is 0 Å². The van der Waals surface area contributed by atoms with Gasteiger partial charge in [0.2, 0.25) is 0 Å². The number of nitrogens with zero attached hydrogens (tertiary/aromatic N) is 2. The third-order valence-electron chi connectivity index (χ3n) is 9.64. The Morgan fingerprint density at radius 2 is 1.33 bits per heavy atom. The molecule has 2 heterocycles. The highest BCUT2D eigenvalue weighted by Crippen LogP contribution is 2.45. The number of aryl methyl sites for hydroxylation is 2. The Hall–Kier alpha value is -4.63. The molecule has 0 aliphatic rings. The van der Waals surface area contributed by atoms with Gasteiger partial charge in [-0.1, -0.05) is 115 Å². The van der Waals surface area contributed by atoms with Gasteiger partial charge in [0, 0.05) is 21.9 Å². The number of aromatic nitrogens is 2. The van der Waals surface area contributed by atoms with Crippen LogP contribution in [0.5, 0.6) is 0 Å². The van der Waals surface area contributed by atoms with E-state index in [1.165, 1.54) is 60.9 Å². The van der Waals surface area contributed by atoms with Crippen molar-refractivity contribution >= 4 is 33.0 Å². The molecular weight excluding hydrogens is 560 g/mol. The molecule has 7 aromatic rings. The Kier molecular flexibility index (Phi) is 7.20. The first kappa shape index (κ1) is 30.0. The van der Waals surface area contributed by atoms with Crippen molar-refractivity contribution in [1.29, 1.82) is 0 Å². The maximum Gasteiger partial charge on any atom is 0.299 e. The van der Waals surface area contributed by atoms with E-state index in [0.717, 1.165) is 22.6 Å². The molecule has 7 rings (SSSR count). The van der Waals surface area contributed by atoms with Crippen LogP contribution in [-0.2, 0) is 12.5 Å². The Morgan fingerprint density at radius 1 is 0.717 bits per heavy atom. The average molecular weight is 606 g/mol. The van der Waals surface area contributed by atoms with Crippen LogP contribution in [0.15, 0.2) is 101 Å². The minimum Gasteiger partial charge on any atom is -0.455 e. The molecule has 232 valence electrons. The van der Waals surface area contributed by atoms with Crippen LogP contribution >= 0.6 is 0 Å². The molecule has 46 heavy (non-hydrogen) atoms. The fourth-order valence-electron chi connectivity index (χ4n) is 7.33. The summed E-state index contributed by atoms with van der Waals surface area (Å²) in [6.07, 6.45) is 0. The second-order valence-electron chi connectivity index (χ2n) is 14.6. The van der Waals surface area contributed by atoms with Gasteiger partial charge in [0.1, 0.15) is 16.8 Å². The minimum atomic E-state index is -0.0496. The van der Waals surface area contributed by atoms with Gasteiger partial charge in [-0.25, -0.2) is 4.57 Å². The van der Waals surface area contributed by atoms with Crippen LogP contribution in [0.4, 0.5) is 0 Å². The van der Waals surface area contributed by atoms with E-state index in [1.807, 2.05) is 0 Å². The predicted octanol–water partition coefficient (Wildman–Crippen LogP) is 11.5. The van der Waals surface area contributed by atoms with Crippen molar-refractivity contribution in [2.24, 2.45) is 7.05 Å². The normalized spacial score (nSPS) is 12.4. The highest BCUT2D eigenvalue weighted by molar-refractivity contribution is 6.12. The van der Waals surface area contributed by atoms with E-state index in [-0.39, 0.29) is 5.41 Å². The molecule has 0 aliphatic heterocycles. The second kappa shape index (κ2) is 11.0. The quantitative estimate of drug-likeness (QED) is 0.179. The first-order chi connectivity index (χ1) is 22.0. The molecule has 2 aromatic heterocycles. The smallest absolute Gasteiger partial charge is 0.299 e. The Balaban J connectivity index is 1.67. The number of hydrogen-bond donors (Lipinski definition) is 0. The molecule has 0 fully saturated rings. The minimum absolute atomic E-state index is 0.0496. The number of fused-ring (bicyclic) bond motifs is 4. The third-order valence-corrected chi connectivity index (χ3v) is 9.64. The van der Waals surface area contributed by atoms with E-state index < -0.39 is 0 Å². The Labute approximate surface area is 273 Å². The summed E-state index contributed by atoms with van der Waals surface area (Å²) in [6, 6.07) is 35.4. The largest absolute Gasteiger partial charge is 0.455 e. The fourth-order valence-corrected chi connectivity index (χ4v) is 7.33. The zero-order chi connectivity index (χ0) is 32.5. The second-order valence-corrected chi connectivity index (χ2v) is 14.6. The third kappa shape index (κ3) is 4.67. The zero-order valence-corrected chi connectivity index (χ0v) is 28.7. The first-order valence-corrected chi connectivity index (χ1v) is 16.7. The van der Waals surface area contributed by atoms with Crippen molar-refractivity contribution in [3.63, 3.8) is 0 Å². The Bertz CT molecular complexity index is 2230. The van der Waals surface area contributed by atoms with Gasteiger partial charge in [-0.2, -0.15) is 4.57 Å². The van der Waals surface area contributed by atoms with Crippen LogP contribution in [0, 0.1) is 6.92 Å². The molecule has 0 atom stereocenters. The van der Waals surface area contributed by atoms with Crippen molar-refractivity contribution in [3.05, 3.63) is 119 Å². The molecule has 3 nitrogen and oxygen atoms in total. The predicted molar refractivity (Wildman–Crippen MR) is 194 cm³/mol. The van der Waals surface area contributed by atoms with Gasteiger partial charge in [-0.15, -0.1) is 0 Å². The van der Waals surface area contributed by atoms with Crippen molar-refractivity contribution in [3.8, 4) is 28.2 Å². The summed E-state index contributed by atoms with van der Waals surface area (Å²) >= 11 is 0. The molecule has 0 spiro atoms.